The summed E-state index contributed by atoms with van der Waals surface area (Å²) in [7, 11) is 1.48. The van der Waals surface area contributed by atoms with Crippen molar-refractivity contribution in [1.82, 2.24) is 9.88 Å². The molecule has 6 nitrogen and oxygen atoms in total. The van der Waals surface area contributed by atoms with E-state index in [1.54, 1.807) is 12.1 Å². The molecule has 1 aliphatic rings. The first-order valence-electron chi connectivity index (χ1n) is 6.87. The zero-order valence-electron chi connectivity index (χ0n) is 12.2. The maximum Gasteiger partial charge on any atom is 0.289 e. The number of rotatable bonds is 4. The number of benzene rings is 1. The Morgan fingerprint density at radius 2 is 2.09 bits per heavy atom. The van der Waals surface area contributed by atoms with Gasteiger partial charge >= 0.3 is 0 Å². The van der Waals surface area contributed by atoms with Crippen LogP contribution >= 0.6 is 0 Å². The molecule has 3 rings (SSSR count). The Balaban J connectivity index is 1.78. The van der Waals surface area contributed by atoms with Crippen LogP contribution in [0.1, 0.15) is 21.9 Å². The number of carbonyl (C=O) groups is 2. The number of aromatic nitrogens is 1. The minimum atomic E-state index is -0.620. The Morgan fingerprint density at radius 3 is 2.70 bits per heavy atom. The van der Waals surface area contributed by atoms with E-state index in [-0.39, 0.29) is 23.8 Å². The summed E-state index contributed by atoms with van der Waals surface area (Å²) >= 11 is 0. The minimum absolute atomic E-state index is 0.0131. The molecule has 1 aromatic heterocycles. The number of ketones is 1. The van der Waals surface area contributed by atoms with E-state index >= 15 is 0 Å². The lowest BCUT2D eigenvalue weighted by atomic mass is 10.1. The van der Waals surface area contributed by atoms with Crippen LogP contribution in [0.3, 0.4) is 0 Å². The van der Waals surface area contributed by atoms with Gasteiger partial charge < -0.3 is 14.4 Å². The van der Waals surface area contributed by atoms with E-state index in [1.807, 2.05) is 0 Å². The summed E-state index contributed by atoms with van der Waals surface area (Å²) < 4.78 is 18.0. The molecule has 0 unspecified atom stereocenters. The predicted octanol–water partition coefficient (Wildman–Crippen LogP) is 1.87. The van der Waals surface area contributed by atoms with E-state index in [2.05, 4.69) is 4.98 Å². The zero-order chi connectivity index (χ0) is 16.6. The molecule has 118 valence electrons. The van der Waals surface area contributed by atoms with E-state index in [1.165, 1.54) is 30.3 Å². The first-order valence-corrected chi connectivity index (χ1v) is 6.87. The largest absolute Gasteiger partial charge is 0.503 e. The van der Waals surface area contributed by atoms with Crippen molar-refractivity contribution in [3.63, 3.8) is 0 Å². The van der Waals surface area contributed by atoms with Crippen LogP contribution in [0.4, 0.5) is 4.39 Å². The van der Waals surface area contributed by atoms with E-state index < -0.39 is 17.4 Å². The second kappa shape index (κ2) is 5.68. The van der Waals surface area contributed by atoms with Gasteiger partial charge in [0, 0.05) is 13.5 Å². The van der Waals surface area contributed by atoms with E-state index in [0.29, 0.717) is 12.1 Å². The predicted molar refractivity (Wildman–Crippen MR) is 77.3 cm³/mol. The highest BCUT2D eigenvalue weighted by Crippen LogP contribution is 2.20. The summed E-state index contributed by atoms with van der Waals surface area (Å²) in [4.78, 5) is 29.1. The molecule has 0 atom stereocenters. The van der Waals surface area contributed by atoms with Crippen LogP contribution in [0.5, 0.6) is 0 Å². The summed E-state index contributed by atoms with van der Waals surface area (Å²) in [5.41, 5.74) is 1.28. The number of aliphatic hydroxyl groups is 1. The molecule has 1 amide bonds. The van der Waals surface area contributed by atoms with Crippen molar-refractivity contribution < 1.29 is 23.5 Å². The number of carbonyl (C=O) groups excluding carboxylic acids is 2. The fraction of sp³-hybridized carbons (Fsp3) is 0.188. The topological polar surface area (TPSA) is 83.6 Å². The van der Waals surface area contributed by atoms with Crippen molar-refractivity contribution in [1.29, 1.82) is 0 Å². The number of likely N-dealkylation sites (N-methyl/N-ethyl adjacent to an activating group) is 1. The van der Waals surface area contributed by atoms with Crippen molar-refractivity contribution in [2.24, 2.45) is 0 Å². The molecule has 2 heterocycles. The Morgan fingerprint density at radius 1 is 1.39 bits per heavy atom. The lowest BCUT2D eigenvalue weighted by molar-refractivity contribution is -0.126. The number of halogens is 1. The van der Waals surface area contributed by atoms with E-state index in [0.717, 1.165) is 5.56 Å². The summed E-state index contributed by atoms with van der Waals surface area (Å²) in [5, 5.41) is 9.69. The number of Topliss-reactive ketones (excluding diaryl/α,β-unsaturated/α-hetero) is 1. The number of hydrogen-bond donors (Lipinski definition) is 1. The van der Waals surface area contributed by atoms with Gasteiger partial charge in [-0.05, 0) is 17.7 Å². The summed E-state index contributed by atoms with van der Waals surface area (Å²) in [6, 6.07) is 5.91. The van der Waals surface area contributed by atoms with Gasteiger partial charge in [-0.2, -0.15) is 0 Å². The molecular formula is C16H13FN2O4. The molecule has 0 bridgehead atoms. The standard InChI is InChI=1S/C16H13FN2O4/c1-19-7-12(14(21)16(19)22)13(20)15-18-11(8-23-15)6-9-2-4-10(17)5-3-9/h2-5,8,21H,6-7H2,1H3. The monoisotopic (exact) mass is 316 g/mol. The first kappa shape index (κ1) is 15.0. The fourth-order valence-electron chi connectivity index (χ4n) is 2.31. The third-order valence-corrected chi connectivity index (χ3v) is 3.55. The number of oxazole rings is 1. The molecule has 1 aliphatic heterocycles. The number of hydrogen-bond acceptors (Lipinski definition) is 5. The van der Waals surface area contributed by atoms with Gasteiger partial charge in [-0.3, -0.25) is 9.59 Å². The van der Waals surface area contributed by atoms with Gasteiger partial charge in [-0.25, -0.2) is 9.37 Å². The Bertz CT molecular complexity index is 808. The molecule has 0 aliphatic carbocycles. The van der Waals surface area contributed by atoms with Crippen molar-refractivity contribution in [2.45, 2.75) is 6.42 Å². The first-order chi connectivity index (χ1) is 11.0. The molecule has 1 N–H and O–H groups in total. The third-order valence-electron chi connectivity index (χ3n) is 3.55. The molecule has 7 heteroatoms. The minimum Gasteiger partial charge on any atom is -0.503 e. The van der Waals surface area contributed by atoms with Crippen molar-refractivity contribution in [2.75, 3.05) is 13.6 Å². The van der Waals surface area contributed by atoms with Crippen molar-refractivity contribution in [3.8, 4) is 0 Å². The van der Waals surface area contributed by atoms with Crippen LogP contribution in [-0.4, -0.2) is 40.3 Å². The maximum absolute atomic E-state index is 12.9. The van der Waals surface area contributed by atoms with E-state index in [4.69, 9.17) is 4.42 Å². The second-order valence-electron chi connectivity index (χ2n) is 5.26. The lowest BCUT2D eigenvalue weighted by Crippen LogP contribution is -2.22. The number of nitrogens with zero attached hydrogens (tertiary/aromatic N) is 2. The Labute approximate surface area is 130 Å². The summed E-state index contributed by atoms with van der Waals surface area (Å²) in [5.74, 6) is -2.32. The number of aliphatic hydroxyl groups excluding tert-OH is 1. The quantitative estimate of drug-likeness (QED) is 0.871. The molecule has 1 aromatic carbocycles. The Kier molecular flexibility index (Phi) is 3.69. The van der Waals surface area contributed by atoms with Crippen molar-refractivity contribution >= 4 is 11.7 Å². The molecule has 0 spiro atoms. The Hall–Kier alpha value is -2.96. The van der Waals surface area contributed by atoms with Crippen LogP contribution in [0, 0.1) is 5.82 Å². The highest BCUT2D eigenvalue weighted by molar-refractivity contribution is 6.13. The molecule has 0 fully saturated rings. The SMILES string of the molecule is CN1CC(C(=O)c2nc(Cc3ccc(F)cc3)co2)=C(O)C1=O. The zero-order valence-corrected chi connectivity index (χ0v) is 12.2. The van der Waals surface area contributed by atoms with Gasteiger partial charge in [0.1, 0.15) is 12.1 Å². The van der Waals surface area contributed by atoms with Gasteiger partial charge in [0.15, 0.2) is 5.76 Å². The van der Waals surface area contributed by atoms with Crippen LogP contribution in [-0.2, 0) is 11.2 Å². The van der Waals surface area contributed by atoms with Crippen LogP contribution < -0.4 is 0 Å². The van der Waals surface area contributed by atoms with Gasteiger partial charge in [0.2, 0.25) is 5.78 Å². The third kappa shape index (κ3) is 2.85. The maximum atomic E-state index is 12.9. The fourth-order valence-corrected chi connectivity index (χ4v) is 2.31. The van der Waals surface area contributed by atoms with Crippen LogP contribution in [0.25, 0.3) is 0 Å². The van der Waals surface area contributed by atoms with Crippen LogP contribution in [0.2, 0.25) is 0 Å². The van der Waals surface area contributed by atoms with Crippen molar-refractivity contribution in [3.05, 3.63) is 64.8 Å². The highest BCUT2D eigenvalue weighted by Gasteiger charge is 2.33. The second-order valence-corrected chi connectivity index (χ2v) is 5.26. The summed E-state index contributed by atoms with van der Waals surface area (Å²) in [6.45, 7) is 0.0131. The lowest BCUT2D eigenvalue weighted by Gasteiger charge is -2.05. The molecule has 2 aromatic rings. The molecular weight excluding hydrogens is 303 g/mol. The van der Waals surface area contributed by atoms with Gasteiger partial charge in [0.05, 0.1) is 17.8 Å². The average molecular weight is 316 g/mol. The van der Waals surface area contributed by atoms with Gasteiger partial charge in [-0.15, -0.1) is 0 Å². The smallest absolute Gasteiger partial charge is 0.289 e. The van der Waals surface area contributed by atoms with Crippen LogP contribution in [0.15, 0.2) is 46.3 Å². The van der Waals surface area contributed by atoms with Gasteiger partial charge in [-0.1, -0.05) is 12.1 Å². The van der Waals surface area contributed by atoms with E-state index in [9.17, 15) is 19.1 Å². The molecule has 0 saturated carbocycles. The normalized spacial score (nSPS) is 14.7. The molecule has 0 saturated heterocycles. The number of amides is 1. The molecule has 0 radical (unpaired) electrons. The van der Waals surface area contributed by atoms with Gasteiger partial charge in [0.25, 0.3) is 11.8 Å². The summed E-state index contributed by atoms with van der Waals surface area (Å²) in [6.07, 6.45) is 1.70. The average Bonchev–Trinajstić information content (AvgIpc) is 3.10. The molecule has 23 heavy (non-hydrogen) atoms. The highest BCUT2D eigenvalue weighted by atomic mass is 19.1.